The van der Waals surface area contributed by atoms with Gasteiger partial charge in [0.05, 0.1) is 5.56 Å². The van der Waals surface area contributed by atoms with Crippen molar-refractivity contribution in [3.05, 3.63) is 59.2 Å². The Morgan fingerprint density at radius 3 is 2.37 bits per heavy atom. The van der Waals surface area contributed by atoms with Gasteiger partial charge in [-0.05, 0) is 49.2 Å². The second kappa shape index (κ2) is 8.24. The van der Waals surface area contributed by atoms with E-state index in [1.54, 1.807) is 6.07 Å². The first kappa shape index (κ1) is 20.5. The summed E-state index contributed by atoms with van der Waals surface area (Å²) in [4.78, 5) is 25.7. The lowest BCUT2D eigenvalue weighted by molar-refractivity contribution is -0.137. The summed E-state index contributed by atoms with van der Waals surface area (Å²) in [5.74, 6) is -0.679. The number of rotatable bonds is 5. The number of nitrogens with zero attached hydrogens (tertiary/aromatic N) is 1. The zero-order valence-corrected chi connectivity index (χ0v) is 15.4. The molecule has 0 spiro atoms. The lowest BCUT2D eigenvalue weighted by Crippen LogP contribution is -2.32. The van der Waals surface area contributed by atoms with Crippen molar-refractivity contribution < 1.29 is 22.8 Å². The van der Waals surface area contributed by atoms with Crippen LogP contribution in [-0.4, -0.2) is 18.4 Å². The molecule has 1 N–H and O–H groups in total. The molecule has 7 heteroatoms. The Hall–Kier alpha value is -2.83. The highest BCUT2D eigenvalue weighted by molar-refractivity contribution is 5.95. The second-order valence-electron chi connectivity index (χ2n) is 6.27. The molecule has 4 nitrogen and oxygen atoms in total. The van der Waals surface area contributed by atoms with E-state index in [-0.39, 0.29) is 24.6 Å². The first-order valence-electron chi connectivity index (χ1n) is 8.41. The Labute approximate surface area is 156 Å². The Balaban J connectivity index is 2.07. The summed E-state index contributed by atoms with van der Waals surface area (Å²) in [5.41, 5.74) is 1.91. The number of alkyl halides is 3. The van der Waals surface area contributed by atoms with Crippen molar-refractivity contribution in [1.29, 1.82) is 0 Å². The van der Waals surface area contributed by atoms with Crippen molar-refractivity contribution >= 4 is 23.2 Å². The van der Waals surface area contributed by atoms with E-state index in [9.17, 15) is 22.8 Å². The van der Waals surface area contributed by atoms with E-state index in [1.807, 2.05) is 26.0 Å². The Bertz CT molecular complexity index is 847. The number of aryl methyl sites for hydroxylation is 1. The number of carbonyl (C=O) groups is 2. The highest BCUT2D eigenvalue weighted by Crippen LogP contribution is 2.30. The minimum absolute atomic E-state index is 0.0385. The molecular weight excluding hydrogens is 357 g/mol. The molecule has 0 aliphatic carbocycles. The van der Waals surface area contributed by atoms with Crippen LogP contribution in [0.5, 0.6) is 0 Å². The largest absolute Gasteiger partial charge is 0.416 e. The van der Waals surface area contributed by atoms with E-state index in [2.05, 4.69) is 5.32 Å². The minimum atomic E-state index is -4.48. The van der Waals surface area contributed by atoms with Crippen molar-refractivity contribution in [3.63, 3.8) is 0 Å². The van der Waals surface area contributed by atoms with E-state index >= 15 is 0 Å². The van der Waals surface area contributed by atoms with Crippen LogP contribution in [0, 0.1) is 13.8 Å². The van der Waals surface area contributed by atoms with E-state index in [0.717, 1.165) is 28.9 Å². The third-order valence-corrected chi connectivity index (χ3v) is 4.28. The molecule has 144 valence electrons. The molecule has 0 unspecified atom stereocenters. The Morgan fingerprint density at radius 1 is 1.07 bits per heavy atom. The van der Waals surface area contributed by atoms with Crippen LogP contribution in [0.15, 0.2) is 42.5 Å². The van der Waals surface area contributed by atoms with Gasteiger partial charge in [-0.3, -0.25) is 9.59 Å². The van der Waals surface area contributed by atoms with Crippen LogP contribution in [0.4, 0.5) is 24.5 Å². The number of anilines is 2. The van der Waals surface area contributed by atoms with Gasteiger partial charge < -0.3 is 10.2 Å². The second-order valence-corrected chi connectivity index (χ2v) is 6.27. The minimum Gasteiger partial charge on any atom is -0.326 e. The molecule has 0 radical (unpaired) electrons. The molecule has 2 aromatic rings. The van der Waals surface area contributed by atoms with Gasteiger partial charge in [-0.2, -0.15) is 13.2 Å². The van der Waals surface area contributed by atoms with Crippen LogP contribution < -0.4 is 10.2 Å². The van der Waals surface area contributed by atoms with Crippen LogP contribution in [0.2, 0.25) is 0 Å². The van der Waals surface area contributed by atoms with Gasteiger partial charge in [0, 0.05) is 31.3 Å². The van der Waals surface area contributed by atoms with Gasteiger partial charge in [0.2, 0.25) is 11.8 Å². The van der Waals surface area contributed by atoms with Crippen molar-refractivity contribution in [2.75, 3.05) is 16.8 Å². The normalized spacial score (nSPS) is 11.2. The van der Waals surface area contributed by atoms with Gasteiger partial charge in [0.15, 0.2) is 0 Å². The van der Waals surface area contributed by atoms with E-state index in [0.29, 0.717) is 0 Å². The Morgan fingerprint density at radius 2 is 1.74 bits per heavy atom. The Kier molecular flexibility index (Phi) is 6.25. The molecule has 2 rings (SSSR count). The first-order valence-corrected chi connectivity index (χ1v) is 8.41. The third-order valence-electron chi connectivity index (χ3n) is 4.28. The molecule has 0 atom stereocenters. The fourth-order valence-electron chi connectivity index (χ4n) is 2.69. The van der Waals surface area contributed by atoms with Crippen molar-refractivity contribution in [1.82, 2.24) is 0 Å². The van der Waals surface area contributed by atoms with Crippen LogP contribution in [0.25, 0.3) is 0 Å². The molecule has 0 heterocycles. The average molecular weight is 378 g/mol. The molecule has 0 aliphatic rings. The summed E-state index contributed by atoms with van der Waals surface area (Å²) in [6.45, 7) is 5.36. The highest BCUT2D eigenvalue weighted by Gasteiger charge is 2.30. The number of benzene rings is 2. The van der Waals surface area contributed by atoms with E-state index < -0.39 is 17.6 Å². The molecule has 0 fully saturated rings. The topological polar surface area (TPSA) is 49.4 Å². The zero-order chi connectivity index (χ0) is 20.2. The van der Waals surface area contributed by atoms with Crippen LogP contribution in [0.3, 0.4) is 0 Å². The van der Waals surface area contributed by atoms with Gasteiger partial charge >= 0.3 is 6.18 Å². The summed E-state index contributed by atoms with van der Waals surface area (Å²) in [5, 5.41) is 2.45. The van der Waals surface area contributed by atoms with Gasteiger partial charge in [0.1, 0.15) is 0 Å². The number of amides is 2. The SMILES string of the molecule is CC(=O)N(CCC(=O)Nc1cccc(C(F)(F)F)c1)c1cccc(C)c1C. The molecule has 27 heavy (non-hydrogen) atoms. The molecule has 0 saturated heterocycles. The number of hydrogen-bond acceptors (Lipinski definition) is 2. The predicted molar refractivity (Wildman–Crippen MR) is 98.6 cm³/mol. The molecule has 2 aromatic carbocycles. The zero-order valence-electron chi connectivity index (χ0n) is 15.4. The molecule has 0 bridgehead atoms. The van der Waals surface area contributed by atoms with E-state index in [4.69, 9.17) is 0 Å². The summed E-state index contributed by atoms with van der Waals surface area (Å²) >= 11 is 0. The molecule has 0 aromatic heterocycles. The monoisotopic (exact) mass is 378 g/mol. The summed E-state index contributed by atoms with van der Waals surface area (Å²) in [6, 6.07) is 10.00. The lowest BCUT2D eigenvalue weighted by atomic mass is 10.1. The predicted octanol–water partition coefficient (Wildman–Crippen LogP) is 4.70. The van der Waals surface area contributed by atoms with Crippen LogP contribution >= 0.6 is 0 Å². The quantitative estimate of drug-likeness (QED) is 0.820. The maximum Gasteiger partial charge on any atom is 0.416 e. The maximum atomic E-state index is 12.7. The van der Waals surface area contributed by atoms with E-state index in [1.165, 1.54) is 24.0 Å². The fourth-order valence-corrected chi connectivity index (χ4v) is 2.69. The van der Waals surface area contributed by atoms with Gasteiger partial charge in [-0.25, -0.2) is 0 Å². The fraction of sp³-hybridized carbons (Fsp3) is 0.300. The highest BCUT2D eigenvalue weighted by atomic mass is 19.4. The smallest absolute Gasteiger partial charge is 0.326 e. The lowest BCUT2D eigenvalue weighted by Gasteiger charge is -2.23. The molecular formula is C20H21F3N2O2. The van der Waals surface area contributed by atoms with Gasteiger partial charge in [0.25, 0.3) is 0 Å². The molecule has 0 saturated carbocycles. The summed E-state index contributed by atoms with van der Waals surface area (Å²) in [6.07, 6.45) is -4.52. The van der Waals surface area contributed by atoms with Crippen molar-refractivity contribution in [3.8, 4) is 0 Å². The average Bonchev–Trinajstić information content (AvgIpc) is 2.58. The van der Waals surface area contributed by atoms with Crippen LogP contribution in [-0.2, 0) is 15.8 Å². The van der Waals surface area contributed by atoms with Crippen LogP contribution in [0.1, 0.15) is 30.0 Å². The summed E-state index contributed by atoms with van der Waals surface area (Å²) in [7, 11) is 0. The third kappa shape index (κ3) is 5.32. The van der Waals surface area contributed by atoms with Gasteiger partial charge in [-0.15, -0.1) is 0 Å². The summed E-state index contributed by atoms with van der Waals surface area (Å²) < 4.78 is 38.2. The number of hydrogen-bond donors (Lipinski definition) is 1. The molecule has 0 aliphatic heterocycles. The number of nitrogens with one attached hydrogen (secondary N) is 1. The number of carbonyl (C=O) groups excluding carboxylic acids is 2. The van der Waals surface area contributed by atoms with Gasteiger partial charge in [-0.1, -0.05) is 18.2 Å². The van der Waals surface area contributed by atoms with Crippen molar-refractivity contribution in [2.24, 2.45) is 0 Å². The standard InChI is InChI=1S/C20H21F3N2O2/c1-13-6-4-9-18(14(13)2)25(15(3)26)11-10-19(27)24-17-8-5-7-16(12-17)20(21,22)23/h4-9,12H,10-11H2,1-3H3,(H,24,27). The van der Waals surface area contributed by atoms with Crippen molar-refractivity contribution in [2.45, 2.75) is 33.4 Å². The first-order chi connectivity index (χ1) is 12.6. The maximum absolute atomic E-state index is 12.7. The molecule has 2 amide bonds. The number of halogens is 3.